The molecule has 5 heteroatoms. The van der Waals surface area contributed by atoms with Gasteiger partial charge in [-0.05, 0) is 27.2 Å². The third kappa shape index (κ3) is 7.58. The number of unbranched alkanes of at least 4 members (excludes halogenated alkanes) is 1. The number of carbonyl (C=O) groups is 1. The first-order valence-electron chi connectivity index (χ1n) is 5.87. The molecule has 0 aliphatic rings. The van der Waals surface area contributed by atoms with Gasteiger partial charge in [0.15, 0.2) is 6.10 Å². The van der Waals surface area contributed by atoms with Crippen LogP contribution in [0.2, 0.25) is 0 Å². The molecule has 5 nitrogen and oxygen atoms in total. The molecule has 98 valence electrons. The minimum atomic E-state index is -1.20. The third-order valence-corrected chi connectivity index (χ3v) is 2.08. The molecule has 1 amide bonds. The summed E-state index contributed by atoms with van der Waals surface area (Å²) in [5.41, 5.74) is -0.586. The van der Waals surface area contributed by atoms with Crippen molar-refractivity contribution < 1.29 is 14.6 Å². The van der Waals surface area contributed by atoms with Crippen molar-refractivity contribution in [3.05, 3.63) is 0 Å². The molecular formula is C12H22N2O3. The Morgan fingerprint density at radius 1 is 1.53 bits per heavy atom. The van der Waals surface area contributed by atoms with E-state index in [9.17, 15) is 9.90 Å². The number of aliphatic hydroxyl groups excluding tert-OH is 1. The maximum absolute atomic E-state index is 11.5. The van der Waals surface area contributed by atoms with Crippen LogP contribution in [0.25, 0.3) is 0 Å². The number of hydrogen-bond donors (Lipinski definition) is 2. The molecule has 0 radical (unpaired) electrons. The second-order valence-corrected chi connectivity index (χ2v) is 4.97. The average molecular weight is 242 g/mol. The number of carbonyl (C=O) groups excluding carboxylic acids is 1. The summed E-state index contributed by atoms with van der Waals surface area (Å²) in [5, 5.41) is 20.6. The van der Waals surface area contributed by atoms with E-state index in [1.54, 1.807) is 26.8 Å². The fourth-order valence-corrected chi connectivity index (χ4v) is 1.28. The number of aliphatic hydroxyl groups is 1. The van der Waals surface area contributed by atoms with E-state index in [4.69, 9.17) is 10.00 Å². The first kappa shape index (κ1) is 15.7. The van der Waals surface area contributed by atoms with E-state index in [2.05, 4.69) is 5.32 Å². The van der Waals surface area contributed by atoms with E-state index in [1.165, 1.54) is 0 Å². The van der Waals surface area contributed by atoms with Crippen LogP contribution < -0.4 is 5.32 Å². The lowest BCUT2D eigenvalue weighted by molar-refractivity contribution is 0.0452. The monoisotopic (exact) mass is 242 g/mol. The summed E-state index contributed by atoms with van der Waals surface area (Å²) >= 11 is 0. The summed E-state index contributed by atoms with van der Waals surface area (Å²) < 4.78 is 5.07. The highest BCUT2D eigenvalue weighted by Gasteiger charge is 2.23. The summed E-state index contributed by atoms with van der Waals surface area (Å²) in [6.45, 7) is 7.28. The zero-order chi connectivity index (χ0) is 13.5. The molecule has 0 aliphatic heterocycles. The molecule has 2 N–H and O–H groups in total. The van der Waals surface area contributed by atoms with Crippen molar-refractivity contribution in [3.8, 4) is 6.07 Å². The molecule has 2 unspecified atom stereocenters. The normalized spacial score (nSPS) is 14.6. The molecule has 0 fully saturated rings. The molecule has 2 atom stereocenters. The van der Waals surface area contributed by atoms with Crippen molar-refractivity contribution >= 4 is 6.09 Å². The Labute approximate surface area is 103 Å². The van der Waals surface area contributed by atoms with Gasteiger partial charge in [-0.2, -0.15) is 5.26 Å². The van der Waals surface area contributed by atoms with Crippen LogP contribution in [-0.4, -0.2) is 28.9 Å². The average Bonchev–Trinajstić information content (AvgIpc) is 2.20. The van der Waals surface area contributed by atoms with Gasteiger partial charge in [0.05, 0.1) is 12.1 Å². The van der Waals surface area contributed by atoms with Gasteiger partial charge in [-0.25, -0.2) is 4.79 Å². The molecule has 0 rings (SSSR count). The number of nitrogens with zero attached hydrogens (tertiary/aromatic N) is 1. The highest BCUT2D eigenvalue weighted by Crippen LogP contribution is 2.09. The van der Waals surface area contributed by atoms with Gasteiger partial charge in [-0.3, -0.25) is 0 Å². The quantitative estimate of drug-likeness (QED) is 0.722. The van der Waals surface area contributed by atoms with Crippen molar-refractivity contribution in [2.45, 2.75) is 64.7 Å². The molecular weight excluding hydrogens is 220 g/mol. The van der Waals surface area contributed by atoms with E-state index < -0.39 is 23.8 Å². The maximum Gasteiger partial charge on any atom is 0.407 e. The minimum absolute atomic E-state index is 0.560. The molecule has 0 aromatic carbocycles. The van der Waals surface area contributed by atoms with Crippen molar-refractivity contribution in [1.82, 2.24) is 5.32 Å². The molecule has 0 spiro atoms. The summed E-state index contributed by atoms with van der Waals surface area (Å²) in [6, 6.07) is 1.15. The first-order valence-corrected chi connectivity index (χ1v) is 5.87. The second-order valence-electron chi connectivity index (χ2n) is 4.97. The van der Waals surface area contributed by atoms with Crippen LogP contribution in [0, 0.1) is 11.3 Å². The van der Waals surface area contributed by atoms with Crippen LogP contribution in [0.15, 0.2) is 0 Å². The van der Waals surface area contributed by atoms with Gasteiger partial charge in [0.25, 0.3) is 0 Å². The van der Waals surface area contributed by atoms with E-state index in [0.717, 1.165) is 12.8 Å². The zero-order valence-electron chi connectivity index (χ0n) is 11.0. The van der Waals surface area contributed by atoms with Gasteiger partial charge < -0.3 is 15.2 Å². The Kier molecular flexibility index (Phi) is 6.59. The van der Waals surface area contributed by atoms with E-state index in [0.29, 0.717) is 6.42 Å². The summed E-state index contributed by atoms with van der Waals surface area (Å²) in [5.74, 6) is 0. The third-order valence-electron chi connectivity index (χ3n) is 2.08. The maximum atomic E-state index is 11.5. The van der Waals surface area contributed by atoms with Gasteiger partial charge in [-0.15, -0.1) is 0 Å². The van der Waals surface area contributed by atoms with Crippen molar-refractivity contribution in [2.75, 3.05) is 0 Å². The van der Waals surface area contributed by atoms with Gasteiger partial charge >= 0.3 is 6.09 Å². The van der Waals surface area contributed by atoms with Gasteiger partial charge in [0, 0.05) is 0 Å². The Hall–Kier alpha value is -1.28. The molecule has 0 aromatic heterocycles. The van der Waals surface area contributed by atoms with Crippen LogP contribution in [0.4, 0.5) is 4.79 Å². The number of rotatable bonds is 5. The molecule has 0 heterocycles. The molecule has 0 saturated heterocycles. The fourth-order valence-electron chi connectivity index (χ4n) is 1.28. The Bertz CT molecular complexity index is 278. The van der Waals surface area contributed by atoms with E-state index in [-0.39, 0.29) is 0 Å². The molecule has 0 aliphatic carbocycles. The first-order chi connectivity index (χ1) is 7.80. The second kappa shape index (κ2) is 7.13. The van der Waals surface area contributed by atoms with Crippen LogP contribution in [0.5, 0.6) is 0 Å². The Balaban J connectivity index is 4.33. The largest absolute Gasteiger partial charge is 0.444 e. The lowest BCUT2D eigenvalue weighted by Crippen LogP contribution is -2.45. The topological polar surface area (TPSA) is 82.3 Å². The lowest BCUT2D eigenvalue weighted by atomic mass is 10.1. The standard InChI is InChI=1S/C12H22N2O3/c1-5-6-7-9(10(15)8-13)14-11(16)17-12(2,3)4/h9-10,15H,5-7H2,1-4H3,(H,14,16). The van der Waals surface area contributed by atoms with Crippen LogP contribution in [-0.2, 0) is 4.74 Å². The number of amides is 1. The lowest BCUT2D eigenvalue weighted by Gasteiger charge is -2.24. The van der Waals surface area contributed by atoms with Crippen LogP contribution in [0.3, 0.4) is 0 Å². The smallest absolute Gasteiger partial charge is 0.407 e. The number of nitriles is 1. The Morgan fingerprint density at radius 2 is 2.12 bits per heavy atom. The van der Waals surface area contributed by atoms with E-state index in [1.807, 2.05) is 6.92 Å². The predicted molar refractivity (Wildman–Crippen MR) is 64.3 cm³/mol. The number of ether oxygens (including phenoxy) is 1. The van der Waals surface area contributed by atoms with Gasteiger partial charge in [0.2, 0.25) is 0 Å². The highest BCUT2D eigenvalue weighted by molar-refractivity contribution is 5.68. The molecule has 0 bridgehead atoms. The summed E-state index contributed by atoms with van der Waals surface area (Å²) in [6.07, 6.45) is 0.524. The van der Waals surface area contributed by atoms with Crippen molar-refractivity contribution in [3.63, 3.8) is 0 Å². The Morgan fingerprint density at radius 3 is 2.53 bits per heavy atom. The fraction of sp³-hybridized carbons (Fsp3) is 0.833. The molecule has 17 heavy (non-hydrogen) atoms. The number of alkyl carbamates (subject to hydrolysis) is 1. The summed E-state index contributed by atoms with van der Waals surface area (Å²) in [7, 11) is 0. The minimum Gasteiger partial charge on any atom is -0.444 e. The van der Waals surface area contributed by atoms with Crippen molar-refractivity contribution in [2.24, 2.45) is 0 Å². The molecule has 0 aromatic rings. The van der Waals surface area contributed by atoms with E-state index >= 15 is 0 Å². The predicted octanol–water partition coefficient (Wildman–Crippen LogP) is 1.95. The van der Waals surface area contributed by atoms with Crippen molar-refractivity contribution in [1.29, 1.82) is 5.26 Å². The zero-order valence-corrected chi connectivity index (χ0v) is 11.0. The number of hydrogen-bond acceptors (Lipinski definition) is 4. The number of nitrogens with one attached hydrogen (secondary N) is 1. The highest BCUT2D eigenvalue weighted by atomic mass is 16.6. The molecule has 0 saturated carbocycles. The van der Waals surface area contributed by atoms with Crippen LogP contribution in [0.1, 0.15) is 47.0 Å². The van der Waals surface area contributed by atoms with Gasteiger partial charge in [-0.1, -0.05) is 19.8 Å². The van der Waals surface area contributed by atoms with Crippen LogP contribution >= 0.6 is 0 Å². The SMILES string of the molecule is CCCCC(NC(=O)OC(C)(C)C)C(O)C#N. The summed E-state index contributed by atoms with van der Waals surface area (Å²) in [4.78, 5) is 11.5. The van der Waals surface area contributed by atoms with Gasteiger partial charge in [0.1, 0.15) is 5.60 Å².